The van der Waals surface area contributed by atoms with Gasteiger partial charge in [0, 0.05) is 0 Å². The number of hydrogen-bond acceptors (Lipinski definition) is 5. The molecule has 1 rings (SSSR count). The van der Waals surface area contributed by atoms with Gasteiger partial charge in [-0.15, -0.1) is 0 Å². The molecule has 98 valence electrons. The van der Waals surface area contributed by atoms with Gasteiger partial charge in [0.05, 0.1) is 0 Å². The van der Waals surface area contributed by atoms with Gasteiger partial charge in [0.2, 0.25) is 6.23 Å². The van der Waals surface area contributed by atoms with Crippen molar-refractivity contribution in [3.63, 3.8) is 0 Å². The highest BCUT2D eigenvalue weighted by Gasteiger charge is 2.47. The minimum absolute atomic E-state index is 0.144. The molecule has 0 aromatic rings. The van der Waals surface area contributed by atoms with Crippen LogP contribution in [0.25, 0.3) is 0 Å². The smallest absolute Gasteiger partial charge is 0.415 e. The molecule has 1 heterocycles. The second kappa shape index (κ2) is 4.52. The van der Waals surface area contributed by atoms with E-state index in [1.165, 1.54) is 4.90 Å². The van der Waals surface area contributed by atoms with E-state index < -0.39 is 23.6 Å². The Morgan fingerprint density at radius 1 is 1.47 bits per heavy atom. The molecule has 0 radical (unpaired) electrons. The van der Waals surface area contributed by atoms with Crippen LogP contribution < -0.4 is 0 Å². The van der Waals surface area contributed by atoms with Crippen molar-refractivity contribution in [1.29, 1.82) is 0 Å². The summed E-state index contributed by atoms with van der Waals surface area (Å²) in [6.45, 7) is 9.17. The number of ether oxygens (including phenoxy) is 3. The molecule has 0 saturated carbocycles. The van der Waals surface area contributed by atoms with Crippen LogP contribution in [0, 0.1) is 0 Å². The van der Waals surface area contributed by atoms with E-state index >= 15 is 0 Å². The second-order valence-corrected chi connectivity index (χ2v) is 5.30. The Balaban J connectivity index is 2.82. The van der Waals surface area contributed by atoms with Crippen molar-refractivity contribution < 1.29 is 23.8 Å². The molecule has 6 heteroatoms. The van der Waals surface area contributed by atoms with E-state index in [2.05, 4.69) is 0 Å². The van der Waals surface area contributed by atoms with Gasteiger partial charge in [0.15, 0.2) is 0 Å². The Bertz CT molecular complexity index is 307. The molecule has 1 saturated heterocycles. The van der Waals surface area contributed by atoms with Crippen LogP contribution in [0.15, 0.2) is 0 Å². The van der Waals surface area contributed by atoms with Crippen molar-refractivity contribution in [2.45, 2.75) is 52.2 Å². The van der Waals surface area contributed by atoms with Crippen LogP contribution >= 0.6 is 0 Å². The highest BCUT2D eigenvalue weighted by molar-refractivity contribution is 5.69. The summed E-state index contributed by atoms with van der Waals surface area (Å²) < 4.78 is 15.4. The van der Waals surface area contributed by atoms with E-state index in [4.69, 9.17) is 14.2 Å². The number of rotatable bonds is 2. The Morgan fingerprint density at radius 3 is 2.53 bits per heavy atom. The molecule has 0 bridgehead atoms. The van der Waals surface area contributed by atoms with Crippen molar-refractivity contribution in [3.8, 4) is 0 Å². The van der Waals surface area contributed by atoms with Gasteiger partial charge in [-0.05, 0) is 34.6 Å². The van der Waals surface area contributed by atoms with E-state index in [1.54, 1.807) is 34.6 Å². The molecule has 0 aromatic carbocycles. The van der Waals surface area contributed by atoms with Crippen molar-refractivity contribution in [2.75, 3.05) is 6.61 Å². The first-order valence-electron chi connectivity index (χ1n) is 5.43. The van der Waals surface area contributed by atoms with Crippen LogP contribution in [-0.4, -0.2) is 41.6 Å². The molecule has 6 nitrogen and oxygen atoms in total. The van der Waals surface area contributed by atoms with E-state index in [9.17, 15) is 9.59 Å². The maximum absolute atomic E-state index is 12.0. The Morgan fingerprint density at radius 2 is 2.06 bits per heavy atom. The van der Waals surface area contributed by atoms with E-state index in [-0.39, 0.29) is 6.61 Å². The third-order valence-corrected chi connectivity index (χ3v) is 2.25. The predicted octanol–water partition coefficient (Wildman–Crippen LogP) is 1.49. The molecular formula is C11H19NO5. The van der Waals surface area contributed by atoms with Crippen molar-refractivity contribution in [1.82, 2.24) is 4.90 Å². The number of nitrogens with zero attached hydrogens (tertiary/aromatic N) is 1. The Hall–Kier alpha value is -1.30. The number of hydrogen-bond donors (Lipinski definition) is 0. The SMILES string of the molecule is CC(C)(C)OC(=O)N1[C@H](OC=O)COC1(C)C. The van der Waals surface area contributed by atoms with Gasteiger partial charge in [-0.3, -0.25) is 4.79 Å². The summed E-state index contributed by atoms with van der Waals surface area (Å²) in [4.78, 5) is 23.6. The minimum atomic E-state index is -0.851. The molecule has 1 fully saturated rings. The molecule has 0 spiro atoms. The van der Waals surface area contributed by atoms with Crippen LogP contribution in [-0.2, 0) is 19.0 Å². The Labute approximate surface area is 101 Å². The van der Waals surface area contributed by atoms with Crippen molar-refractivity contribution in [2.24, 2.45) is 0 Å². The topological polar surface area (TPSA) is 65.1 Å². The summed E-state index contributed by atoms with van der Waals surface area (Å²) in [5.41, 5.74) is -1.46. The number of carbonyl (C=O) groups is 2. The van der Waals surface area contributed by atoms with Crippen LogP contribution in [0.5, 0.6) is 0 Å². The second-order valence-electron chi connectivity index (χ2n) is 5.30. The van der Waals surface area contributed by atoms with E-state index in [0.717, 1.165) is 0 Å². The normalized spacial score (nSPS) is 23.4. The fourth-order valence-corrected chi connectivity index (χ4v) is 1.58. The summed E-state index contributed by atoms with van der Waals surface area (Å²) in [6, 6.07) is 0. The largest absolute Gasteiger partial charge is 0.444 e. The molecule has 0 aliphatic carbocycles. The molecule has 1 amide bonds. The van der Waals surface area contributed by atoms with Gasteiger partial charge in [-0.1, -0.05) is 0 Å². The number of amides is 1. The molecule has 0 unspecified atom stereocenters. The maximum Gasteiger partial charge on any atom is 0.415 e. The summed E-state index contributed by atoms with van der Waals surface area (Å²) in [5.74, 6) is 0. The molecule has 17 heavy (non-hydrogen) atoms. The molecule has 1 atom stereocenters. The van der Waals surface area contributed by atoms with Gasteiger partial charge in [-0.2, -0.15) is 0 Å². The lowest BCUT2D eigenvalue weighted by atomic mass is 10.2. The molecule has 0 aromatic heterocycles. The lowest BCUT2D eigenvalue weighted by Crippen LogP contribution is -2.50. The van der Waals surface area contributed by atoms with Crippen molar-refractivity contribution >= 4 is 12.6 Å². The number of carbonyl (C=O) groups excluding carboxylic acids is 2. The third-order valence-electron chi connectivity index (χ3n) is 2.25. The van der Waals surface area contributed by atoms with Crippen LogP contribution in [0.4, 0.5) is 4.79 Å². The fourth-order valence-electron chi connectivity index (χ4n) is 1.58. The van der Waals surface area contributed by atoms with Gasteiger partial charge < -0.3 is 14.2 Å². The van der Waals surface area contributed by atoms with Gasteiger partial charge >= 0.3 is 6.09 Å². The van der Waals surface area contributed by atoms with E-state index in [1.807, 2.05) is 0 Å². The standard InChI is InChI=1S/C11H19NO5/c1-10(2,3)17-9(14)12-8(15-7-13)6-16-11(12,4)5/h7-8H,6H2,1-5H3/t8-/m1/s1. The van der Waals surface area contributed by atoms with E-state index in [0.29, 0.717) is 6.47 Å². The first-order valence-corrected chi connectivity index (χ1v) is 5.43. The van der Waals surface area contributed by atoms with Gasteiger partial charge in [-0.25, -0.2) is 9.69 Å². The maximum atomic E-state index is 12.0. The predicted molar refractivity (Wildman–Crippen MR) is 59.0 cm³/mol. The highest BCUT2D eigenvalue weighted by Crippen LogP contribution is 2.29. The average molecular weight is 245 g/mol. The van der Waals surface area contributed by atoms with Crippen LogP contribution in [0.3, 0.4) is 0 Å². The fraction of sp³-hybridized carbons (Fsp3) is 0.818. The quantitative estimate of drug-likeness (QED) is 0.689. The van der Waals surface area contributed by atoms with Crippen molar-refractivity contribution in [3.05, 3.63) is 0 Å². The molecule has 0 N–H and O–H groups in total. The summed E-state index contributed by atoms with van der Waals surface area (Å²) in [5, 5.41) is 0. The summed E-state index contributed by atoms with van der Waals surface area (Å²) in [6.07, 6.45) is -1.30. The third kappa shape index (κ3) is 3.33. The molecular weight excluding hydrogens is 226 g/mol. The summed E-state index contributed by atoms with van der Waals surface area (Å²) >= 11 is 0. The van der Waals surface area contributed by atoms with Gasteiger partial charge in [0.25, 0.3) is 6.47 Å². The van der Waals surface area contributed by atoms with Gasteiger partial charge in [0.1, 0.15) is 17.9 Å². The Kier molecular flexibility index (Phi) is 3.66. The lowest BCUT2D eigenvalue weighted by molar-refractivity contribution is -0.141. The zero-order valence-electron chi connectivity index (χ0n) is 10.9. The zero-order chi connectivity index (χ0) is 13.3. The molecule has 1 aliphatic heterocycles. The zero-order valence-corrected chi connectivity index (χ0v) is 10.9. The minimum Gasteiger partial charge on any atom is -0.444 e. The summed E-state index contributed by atoms with van der Waals surface area (Å²) in [7, 11) is 0. The monoisotopic (exact) mass is 245 g/mol. The van der Waals surface area contributed by atoms with Crippen LogP contribution in [0.1, 0.15) is 34.6 Å². The van der Waals surface area contributed by atoms with Crippen LogP contribution in [0.2, 0.25) is 0 Å². The highest BCUT2D eigenvalue weighted by atomic mass is 16.6. The first-order chi connectivity index (χ1) is 7.67. The first kappa shape index (κ1) is 13.8. The lowest BCUT2D eigenvalue weighted by Gasteiger charge is -2.33. The average Bonchev–Trinajstić information content (AvgIpc) is 2.39. The molecule has 1 aliphatic rings.